The van der Waals surface area contributed by atoms with Crippen molar-refractivity contribution < 1.29 is 14.6 Å². The van der Waals surface area contributed by atoms with Crippen LogP contribution in [0.3, 0.4) is 0 Å². The van der Waals surface area contributed by atoms with Gasteiger partial charge in [0.1, 0.15) is 5.75 Å². The summed E-state index contributed by atoms with van der Waals surface area (Å²) in [5.74, 6) is 0.358. The summed E-state index contributed by atoms with van der Waals surface area (Å²) in [5, 5.41) is 12.5. The molecule has 2 rings (SSSR count). The highest BCUT2D eigenvalue weighted by molar-refractivity contribution is 5.70. The second-order valence-electron chi connectivity index (χ2n) is 4.07. The van der Waals surface area contributed by atoms with Gasteiger partial charge in [-0.2, -0.15) is 0 Å². The van der Waals surface area contributed by atoms with Crippen LogP contribution >= 0.6 is 0 Å². The van der Waals surface area contributed by atoms with E-state index in [0.29, 0.717) is 6.42 Å². The Hall–Kier alpha value is -1.71. The van der Waals surface area contributed by atoms with Gasteiger partial charge in [-0.3, -0.25) is 4.79 Å². The van der Waals surface area contributed by atoms with Crippen LogP contribution in [0.5, 0.6) is 5.75 Å². The molecule has 0 saturated heterocycles. The number of hydrogen-bond acceptors (Lipinski definition) is 4. The van der Waals surface area contributed by atoms with E-state index >= 15 is 0 Å². The Bertz CT molecular complexity index is 403. The van der Waals surface area contributed by atoms with E-state index in [-0.39, 0.29) is 17.6 Å². The van der Waals surface area contributed by atoms with Gasteiger partial charge >= 0.3 is 5.97 Å². The molecule has 1 atom stereocenters. The van der Waals surface area contributed by atoms with Crippen molar-refractivity contribution in [3.63, 3.8) is 0 Å². The lowest BCUT2D eigenvalue weighted by molar-refractivity contribution is -0.141. The molecule has 16 heavy (non-hydrogen) atoms. The lowest BCUT2D eigenvalue weighted by atomic mass is 9.91. The molecule has 1 aromatic carbocycles. The lowest BCUT2D eigenvalue weighted by Gasteiger charge is -2.25. The molecule has 1 aliphatic heterocycles. The fraction of sp³-hybridized carbons (Fsp3) is 0.417. The third kappa shape index (κ3) is 2.27. The first-order chi connectivity index (χ1) is 7.69. The van der Waals surface area contributed by atoms with E-state index in [1.807, 2.05) is 6.07 Å². The van der Waals surface area contributed by atoms with Crippen molar-refractivity contribution in [1.82, 2.24) is 0 Å². The first kappa shape index (κ1) is 10.8. The largest absolute Gasteiger partial charge is 0.508 e. The Morgan fingerprint density at radius 3 is 3.19 bits per heavy atom. The number of hydrogen-bond donors (Lipinski definition) is 2. The number of ether oxygens (including phenoxy) is 1. The van der Waals surface area contributed by atoms with Crippen molar-refractivity contribution in [2.24, 2.45) is 5.92 Å². The van der Waals surface area contributed by atoms with Gasteiger partial charge in [0.25, 0.3) is 0 Å². The van der Waals surface area contributed by atoms with Crippen LogP contribution < -0.4 is 5.32 Å². The molecule has 4 nitrogen and oxygen atoms in total. The maximum absolute atomic E-state index is 11.2. The highest BCUT2D eigenvalue weighted by Gasteiger charge is 2.21. The van der Waals surface area contributed by atoms with Gasteiger partial charge in [0.15, 0.2) is 0 Å². The number of rotatable bonds is 2. The minimum atomic E-state index is -0.172. The van der Waals surface area contributed by atoms with Crippen LogP contribution in [0.2, 0.25) is 0 Å². The van der Waals surface area contributed by atoms with Crippen LogP contribution in [0.15, 0.2) is 18.2 Å². The average Bonchev–Trinajstić information content (AvgIpc) is 2.29. The van der Waals surface area contributed by atoms with Crippen LogP contribution in [0.1, 0.15) is 12.0 Å². The van der Waals surface area contributed by atoms with Crippen molar-refractivity contribution in [3.05, 3.63) is 23.8 Å². The van der Waals surface area contributed by atoms with Gasteiger partial charge in [-0.05, 0) is 24.0 Å². The van der Waals surface area contributed by atoms with Gasteiger partial charge < -0.3 is 15.2 Å². The van der Waals surface area contributed by atoms with E-state index in [0.717, 1.165) is 24.2 Å². The molecule has 1 unspecified atom stereocenters. The summed E-state index contributed by atoms with van der Waals surface area (Å²) in [6.07, 6.45) is 1.28. The Balaban J connectivity index is 2.06. The van der Waals surface area contributed by atoms with Crippen LogP contribution in [-0.4, -0.2) is 24.7 Å². The molecule has 0 aromatic heterocycles. The number of benzene rings is 1. The smallest absolute Gasteiger partial charge is 0.305 e. The zero-order valence-corrected chi connectivity index (χ0v) is 9.19. The molecule has 0 bridgehead atoms. The molecule has 0 radical (unpaired) electrons. The molecule has 4 heteroatoms. The summed E-state index contributed by atoms with van der Waals surface area (Å²) in [6, 6.07) is 5.27. The van der Waals surface area contributed by atoms with E-state index in [4.69, 9.17) is 0 Å². The van der Waals surface area contributed by atoms with Crippen molar-refractivity contribution in [3.8, 4) is 5.75 Å². The molecular formula is C12H15NO3. The average molecular weight is 221 g/mol. The summed E-state index contributed by atoms with van der Waals surface area (Å²) in [4.78, 5) is 11.2. The molecule has 0 aliphatic carbocycles. The zero-order chi connectivity index (χ0) is 11.5. The number of carbonyl (C=O) groups is 1. The van der Waals surface area contributed by atoms with Crippen molar-refractivity contribution in [1.29, 1.82) is 0 Å². The number of fused-ring (bicyclic) bond motifs is 1. The standard InChI is InChI=1S/C12H15NO3/c1-16-12(15)5-8-4-9-2-3-10(14)6-11(9)13-7-8/h2-3,6,8,13-14H,4-5,7H2,1H3. The minimum absolute atomic E-state index is 0.172. The van der Waals surface area contributed by atoms with Crippen LogP contribution in [0.4, 0.5) is 5.69 Å². The van der Waals surface area contributed by atoms with Crippen LogP contribution in [-0.2, 0) is 16.0 Å². The van der Waals surface area contributed by atoms with Crippen LogP contribution in [0.25, 0.3) is 0 Å². The number of methoxy groups -OCH3 is 1. The third-order valence-electron chi connectivity index (χ3n) is 2.87. The molecule has 0 fully saturated rings. The summed E-state index contributed by atoms with van der Waals surface area (Å²) in [7, 11) is 1.41. The topological polar surface area (TPSA) is 58.6 Å². The van der Waals surface area contributed by atoms with E-state index in [1.165, 1.54) is 7.11 Å². The summed E-state index contributed by atoms with van der Waals surface area (Å²) >= 11 is 0. The Morgan fingerprint density at radius 1 is 1.62 bits per heavy atom. The van der Waals surface area contributed by atoms with Gasteiger partial charge in [0.2, 0.25) is 0 Å². The minimum Gasteiger partial charge on any atom is -0.508 e. The quantitative estimate of drug-likeness (QED) is 0.744. The van der Waals surface area contributed by atoms with E-state index in [2.05, 4.69) is 10.1 Å². The monoisotopic (exact) mass is 221 g/mol. The molecule has 1 heterocycles. The molecule has 0 spiro atoms. The summed E-state index contributed by atoms with van der Waals surface area (Å²) in [6.45, 7) is 0.742. The van der Waals surface area contributed by atoms with Crippen molar-refractivity contribution >= 4 is 11.7 Å². The second kappa shape index (κ2) is 4.43. The van der Waals surface area contributed by atoms with Gasteiger partial charge in [-0.25, -0.2) is 0 Å². The zero-order valence-electron chi connectivity index (χ0n) is 9.19. The Morgan fingerprint density at radius 2 is 2.44 bits per heavy atom. The van der Waals surface area contributed by atoms with Crippen molar-refractivity contribution in [2.45, 2.75) is 12.8 Å². The number of phenols is 1. The summed E-state index contributed by atoms with van der Waals surface area (Å²) < 4.78 is 4.65. The molecule has 2 N–H and O–H groups in total. The first-order valence-corrected chi connectivity index (χ1v) is 5.31. The fourth-order valence-corrected chi connectivity index (χ4v) is 2.01. The number of anilines is 1. The van der Waals surface area contributed by atoms with Crippen molar-refractivity contribution in [2.75, 3.05) is 19.0 Å². The molecule has 1 aromatic rings. The molecular weight excluding hydrogens is 206 g/mol. The highest BCUT2D eigenvalue weighted by atomic mass is 16.5. The predicted octanol–water partition coefficient (Wildman–Crippen LogP) is 1.54. The molecule has 86 valence electrons. The van der Waals surface area contributed by atoms with E-state index in [1.54, 1.807) is 12.1 Å². The SMILES string of the molecule is COC(=O)CC1CNc2cc(O)ccc2C1. The number of esters is 1. The maximum atomic E-state index is 11.2. The molecule has 0 saturated carbocycles. The van der Waals surface area contributed by atoms with Gasteiger partial charge in [-0.1, -0.05) is 6.07 Å². The first-order valence-electron chi connectivity index (χ1n) is 5.31. The predicted molar refractivity (Wildman–Crippen MR) is 60.4 cm³/mol. The number of aromatic hydroxyl groups is 1. The van der Waals surface area contributed by atoms with E-state index < -0.39 is 0 Å². The Labute approximate surface area is 94.2 Å². The molecule has 1 aliphatic rings. The van der Waals surface area contributed by atoms with Crippen LogP contribution in [0, 0.1) is 5.92 Å². The van der Waals surface area contributed by atoms with Gasteiger partial charge in [0, 0.05) is 18.3 Å². The highest BCUT2D eigenvalue weighted by Crippen LogP contribution is 2.29. The Kier molecular flexibility index (Phi) is 2.99. The molecule has 0 amide bonds. The van der Waals surface area contributed by atoms with E-state index in [9.17, 15) is 9.90 Å². The lowest BCUT2D eigenvalue weighted by Crippen LogP contribution is -2.25. The van der Waals surface area contributed by atoms with Gasteiger partial charge in [0.05, 0.1) is 13.5 Å². The fourth-order valence-electron chi connectivity index (χ4n) is 2.01. The second-order valence-corrected chi connectivity index (χ2v) is 4.07. The normalized spacial score (nSPS) is 18.4. The maximum Gasteiger partial charge on any atom is 0.305 e. The number of carbonyl (C=O) groups excluding carboxylic acids is 1. The summed E-state index contributed by atoms with van der Waals surface area (Å²) in [5.41, 5.74) is 2.10. The number of phenolic OH excluding ortho intramolecular Hbond substituents is 1. The van der Waals surface area contributed by atoms with Gasteiger partial charge in [-0.15, -0.1) is 0 Å². The third-order valence-corrected chi connectivity index (χ3v) is 2.87. The number of nitrogens with one attached hydrogen (secondary N) is 1.